The number of hydrogen-bond donors (Lipinski definition) is 1. The zero-order valence-electron chi connectivity index (χ0n) is 13.8. The highest BCUT2D eigenvalue weighted by molar-refractivity contribution is 5.17. The fourth-order valence-corrected chi connectivity index (χ4v) is 3.55. The molecule has 1 aliphatic rings. The van der Waals surface area contributed by atoms with Gasteiger partial charge in [0.15, 0.2) is 0 Å². The smallest absolute Gasteiger partial charge is 0.0660 e. The molecule has 2 nitrogen and oxygen atoms in total. The van der Waals surface area contributed by atoms with E-state index in [1.807, 2.05) is 0 Å². The van der Waals surface area contributed by atoms with Gasteiger partial charge >= 0.3 is 0 Å². The fourth-order valence-electron chi connectivity index (χ4n) is 3.55. The molecule has 0 unspecified atom stereocenters. The summed E-state index contributed by atoms with van der Waals surface area (Å²) in [7, 11) is 0. The minimum absolute atomic E-state index is 0.425. The quantitative estimate of drug-likeness (QED) is 0.820. The van der Waals surface area contributed by atoms with Crippen LogP contribution >= 0.6 is 0 Å². The zero-order valence-corrected chi connectivity index (χ0v) is 13.8. The molecular formula is C21H27NO. The largest absolute Gasteiger partial charge is 0.390 e. The Kier molecular flexibility index (Phi) is 5.47. The summed E-state index contributed by atoms with van der Waals surface area (Å²) in [6.07, 6.45) is 5.17. The van der Waals surface area contributed by atoms with Gasteiger partial charge in [-0.25, -0.2) is 0 Å². The van der Waals surface area contributed by atoms with E-state index in [9.17, 15) is 5.11 Å². The van der Waals surface area contributed by atoms with Crippen LogP contribution in [0.4, 0.5) is 0 Å². The molecule has 0 spiro atoms. The molecule has 2 aromatic carbocycles. The van der Waals surface area contributed by atoms with Crippen LogP contribution in [0.15, 0.2) is 60.7 Å². The van der Waals surface area contributed by atoms with Crippen molar-refractivity contribution in [3.63, 3.8) is 0 Å². The maximum absolute atomic E-state index is 10.6. The number of hydrogen-bond acceptors (Lipinski definition) is 2. The van der Waals surface area contributed by atoms with E-state index < -0.39 is 5.60 Å². The summed E-state index contributed by atoms with van der Waals surface area (Å²) < 4.78 is 0. The van der Waals surface area contributed by atoms with Gasteiger partial charge in [0.1, 0.15) is 0 Å². The second kappa shape index (κ2) is 7.76. The third-order valence-electron chi connectivity index (χ3n) is 4.93. The number of benzene rings is 2. The number of rotatable bonds is 7. The van der Waals surface area contributed by atoms with Gasteiger partial charge in [0.25, 0.3) is 0 Å². The molecule has 2 aromatic rings. The Balaban J connectivity index is 1.65. The summed E-state index contributed by atoms with van der Waals surface area (Å²) in [5, 5.41) is 10.6. The average Bonchev–Trinajstić information content (AvgIpc) is 3.02. The van der Waals surface area contributed by atoms with Crippen molar-refractivity contribution >= 4 is 0 Å². The van der Waals surface area contributed by atoms with Crippen molar-refractivity contribution in [3.05, 3.63) is 71.8 Å². The fraction of sp³-hybridized carbons (Fsp3) is 0.429. The Morgan fingerprint density at radius 1 is 0.783 bits per heavy atom. The monoisotopic (exact) mass is 309 g/mol. The lowest BCUT2D eigenvalue weighted by molar-refractivity contribution is 0.0262. The predicted molar refractivity (Wildman–Crippen MR) is 95.0 cm³/mol. The molecule has 1 saturated carbocycles. The van der Waals surface area contributed by atoms with Crippen molar-refractivity contribution in [2.24, 2.45) is 0 Å². The van der Waals surface area contributed by atoms with Gasteiger partial charge in [-0.2, -0.15) is 0 Å². The second-order valence-electron chi connectivity index (χ2n) is 6.86. The lowest BCUT2D eigenvalue weighted by atomic mass is 9.97. The Morgan fingerprint density at radius 2 is 1.26 bits per heavy atom. The van der Waals surface area contributed by atoms with E-state index in [1.54, 1.807) is 0 Å². The predicted octanol–water partition coefficient (Wildman–Crippen LogP) is 4.38. The Morgan fingerprint density at radius 3 is 1.74 bits per heavy atom. The first-order chi connectivity index (χ1) is 11.2. The molecule has 0 atom stereocenters. The molecule has 122 valence electrons. The van der Waals surface area contributed by atoms with Gasteiger partial charge in [-0.3, -0.25) is 4.90 Å². The van der Waals surface area contributed by atoms with Gasteiger partial charge in [0.2, 0.25) is 0 Å². The molecule has 0 saturated heterocycles. The van der Waals surface area contributed by atoms with Crippen LogP contribution in [-0.2, 0) is 13.1 Å². The van der Waals surface area contributed by atoms with Crippen LogP contribution in [0.3, 0.4) is 0 Å². The summed E-state index contributed by atoms with van der Waals surface area (Å²) in [6.45, 7) is 2.82. The number of nitrogens with zero attached hydrogens (tertiary/aromatic N) is 1. The van der Waals surface area contributed by atoms with Crippen molar-refractivity contribution < 1.29 is 5.11 Å². The van der Waals surface area contributed by atoms with E-state index in [0.29, 0.717) is 0 Å². The van der Waals surface area contributed by atoms with Gasteiger partial charge < -0.3 is 5.11 Å². The van der Waals surface area contributed by atoms with Crippen LogP contribution in [0.5, 0.6) is 0 Å². The van der Waals surface area contributed by atoms with E-state index in [2.05, 4.69) is 65.6 Å². The second-order valence-corrected chi connectivity index (χ2v) is 6.86. The lowest BCUT2D eigenvalue weighted by Gasteiger charge is -2.28. The van der Waals surface area contributed by atoms with E-state index in [-0.39, 0.29) is 0 Å². The molecule has 2 heteroatoms. The molecular weight excluding hydrogens is 282 g/mol. The van der Waals surface area contributed by atoms with E-state index in [1.165, 1.54) is 24.0 Å². The van der Waals surface area contributed by atoms with Gasteiger partial charge in [-0.05, 0) is 30.4 Å². The van der Waals surface area contributed by atoms with Crippen molar-refractivity contribution in [1.29, 1.82) is 0 Å². The maximum Gasteiger partial charge on any atom is 0.0660 e. The molecule has 0 aliphatic heterocycles. The zero-order chi connectivity index (χ0) is 16.0. The standard InChI is InChI=1S/C21H27NO/c23-21(13-7-8-14-21)15-16-22(17-19-9-3-1-4-10-19)18-20-11-5-2-6-12-20/h1-6,9-12,23H,7-8,13-18H2. The third-order valence-corrected chi connectivity index (χ3v) is 4.93. The van der Waals surface area contributed by atoms with E-state index >= 15 is 0 Å². The molecule has 0 heterocycles. The highest BCUT2D eigenvalue weighted by Gasteiger charge is 2.31. The Bertz CT molecular complexity index is 534. The van der Waals surface area contributed by atoms with E-state index in [0.717, 1.165) is 38.9 Å². The van der Waals surface area contributed by atoms with Gasteiger partial charge in [-0.1, -0.05) is 73.5 Å². The average molecular weight is 309 g/mol. The topological polar surface area (TPSA) is 23.5 Å². The Labute approximate surface area is 139 Å². The summed E-state index contributed by atoms with van der Waals surface area (Å²) in [5.74, 6) is 0. The van der Waals surface area contributed by atoms with Crippen molar-refractivity contribution in [1.82, 2.24) is 4.90 Å². The minimum atomic E-state index is -0.425. The lowest BCUT2D eigenvalue weighted by Crippen LogP contribution is -2.32. The SMILES string of the molecule is OC1(CCN(Cc2ccccc2)Cc2ccccc2)CCCC1. The van der Waals surface area contributed by atoms with Crippen molar-refractivity contribution in [3.8, 4) is 0 Å². The highest BCUT2D eigenvalue weighted by atomic mass is 16.3. The summed E-state index contributed by atoms with van der Waals surface area (Å²) in [5.41, 5.74) is 2.25. The molecule has 1 fully saturated rings. The van der Waals surface area contributed by atoms with Crippen LogP contribution in [0.25, 0.3) is 0 Å². The molecule has 1 N–H and O–H groups in total. The van der Waals surface area contributed by atoms with Crippen LogP contribution in [0.2, 0.25) is 0 Å². The summed E-state index contributed by atoms with van der Waals surface area (Å²) >= 11 is 0. The Hall–Kier alpha value is -1.64. The summed E-state index contributed by atoms with van der Waals surface area (Å²) in [4.78, 5) is 2.46. The van der Waals surface area contributed by atoms with Crippen molar-refractivity contribution in [2.45, 2.75) is 50.8 Å². The normalized spacial score (nSPS) is 16.8. The van der Waals surface area contributed by atoms with E-state index in [4.69, 9.17) is 0 Å². The molecule has 23 heavy (non-hydrogen) atoms. The maximum atomic E-state index is 10.6. The minimum Gasteiger partial charge on any atom is -0.390 e. The molecule has 0 radical (unpaired) electrons. The highest BCUT2D eigenvalue weighted by Crippen LogP contribution is 2.32. The molecule has 0 aromatic heterocycles. The van der Waals surface area contributed by atoms with Crippen LogP contribution in [0, 0.1) is 0 Å². The molecule has 3 rings (SSSR count). The first kappa shape index (κ1) is 16.2. The van der Waals surface area contributed by atoms with Crippen LogP contribution in [-0.4, -0.2) is 22.2 Å². The first-order valence-electron chi connectivity index (χ1n) is 8.76. The van der Waals surface area contributed by atoms with Crippen LogP contribution in [0.1, 0.15) is 43.2 Å². The van der Waals surface area contributed by atoms with Crippen molar-refractivity contribution in [2.75, 3.05) is 6.54 Å². The van der Waals surface area contributed by atoms with Gasteiger partial charge in [-0.15, -0.1) is 0 Å². The van der Waals surface area contributed by atoms with Crippen LogP contribution < -0.4 is 0 Å². The molecule has 0 bridgehead atoms. The summed E-state index contributed by atoms with van der Waals surface area (Å²) in [6, 6.07) is 21.2. The van der Waals surface area contributed by atoms with Gasteiger partial charge in [0.05, 0.1) is 5.60 Å². The number of aliphatic hydroxyl groups is 1. The van der Waals surface area contributed by atoms with Gasteiger partial charge in [0, 0.05) is 19.6 Å². The molecule has 0 amide bonds. The first-order valence-corrected chi connectivity index (χ1v) is 8.76. The third kappa shape index (κ3) is 4.92. The molecule has 1 aliphatic carbocycles.